The Morgan fingerprint density at radius 3 is 2.40 bits per heavy atom. The van der Waals surface area contributed by atoms with Crippen LogP contribution in [0.15, 0.2) is 30.3 Å². The van der Waals surface area contributed by atoms with Gasteiger partial charge in [0.1, 0.15) is 0 Å². The Kier molecular flexibility index (Phi) is 6.56. The summed E-state index contributed by atoms with van der Waals surface area (Å²) in [7, 11) is 0. The van der Waals surface area contributed by atoms with Gasteiger partial charge in [0.25, 0.3) is 0 Å². The van der Waals surface area contributed by atoms with E-state index in [1.165, 1.54) is 0 Å². The first kappa shape index (κ1) is 16.0. The van der Waals surface area contributed by atoms with E-state index in [0.29, 0.717) is 18.0 Å². The third-order valence-corrected chi connectivity index (χ3v) is 2.90. The molecule has 0 aromatic heterocycles. The number of amides is 2. The maximum atomic E-state index is 11.7. The highest BCUT2D eigenvalue weighted by atomic mass is 16.4. The minimum absolute atomic E-state index is 0.454. The fourth-order valence-corrected chi connectivity index (χ4v) is 1.83. The summed E-state index contributed by atoms with van der Waals surface area (Å²) in [5, 5.41) is 14.3. The van der Waals surface area contributed by atoms with Crippen LogP contribution < -0.4 is 10.6 Å². The predicted octanol–water partition coefficient (Wildman–Crippen LogP) is 2.55. The molecule has 0 aliphatic rings. The number of nitrogens with one attached hydrogen (secondary N) is 2. The number of carboxylic acid groups (broad SMARTS) is 1. The van der Waals surface area contributed by atoms with Crippen molar-refractivity contribution in [1.82, 2.24) is 10.6 Å². The standard InChI is InChI=1S/C15H22N2O3/c1-11(2)7-6-10-16-15(20)17-13(14(18)19)12-8-4-3-5-9-12/h3-5,8-9,11,13H,6-7,10H2,1-2H3,(H,18,19)(H2,16,17,20)/t13-/m0/s1. The molecule has 1 atom stereocenters. The summed E-state index contributed by atoms with van der Waals surface area (Å²) in [6.45, 7) is 4.79. The van der Waals surface area contributed by atoms with E-state index in [1.807, 2.05) is 0 Å². The van der Waals surface area contributed by atoms with Crippen LogP contribution in [-0.4, -0.2) is 23.7 Å². The first-order valence-electron chi connectivity index (χ1n) is 6.83. The molecule has 0 fully saturated rings. The van der Waals surface area contributed by atoms with Crippen molar-refractivity contribution in [1.29, 1.82) is 0 Å². The molecule has 0 spiro atoms. The van der Waals surface area contributed by atoms with Crippen molar-refractivity contribution in [3.63, 3.8) is 0 Å². The van der Waals surface area contributed by atoms with E-state index >= 15 is 0 Å². The van der Waals surface area contributed by atoms with Crippen LogP contribution in [0.25, 0.3) is 0 Å². The highest BCUT2D eigenvalue weighted by molar-refractivity contribution is 5.83. The van der Waals surface area contributed by atoms with Gasteiger partial charge in [-0.2, -0.15) is 0 Å². The van der Waals surface area contributed by atoms with Gasteiger partial charge in [0.15, 0.2) is 6.04 Å². The number of hydrogen-bond donors (Lipinski definition) is 3. The van der Waals surface area contributed by atoms with Crippen molar-refractivity contribution in [3.05, 3.63) is 35.9 Å². The third kappa shape index (κ3) is 5.73. The van der Waals surface area contributed by atoms with Gasteiger partial charge >= 0.3 is 12.0 Å². The van der Waals surface area contributed by atoms with E-state index < -0.39 is 18.0 Å². The van der Waals surface area contributed by atoms with Crippen LogP contribution in [0.5, 0.6) is 0 Å². The molecule has 1 rings (SSSR count). The second kappa shape index (κ2) is 8.19. The summed E-state index contributed by atoms with van der Waals surface area (Å²) in [6.07, 6.45) is 1.91. The summed E-state index contributed by atoms with van der Waals surface area (Å²) < 4.78 is 0. The molecule has 3 N–H and O–H groups in total. The van der Waals surface area contributed by atoms with E-state index in [2.05, 4.69) is 24.5 Å². The zero-order chi connectivity index (χ0) is 15.0. The molecule has 0 aliphatic heterocycles. The fraction of sp³-hybridized carbons (Fsp3) is 0.467. The van der Waals surface area contributed by atoms with Gasteiger partial charge in [-0.15, -0.1) is 0 Å². The molecule has 1 aromatic carbocycles. The van der Waals surface area contributed by atoms with Crippen molar-refractivity contribution in [2.45, 2.75) is 32.7 Å². The Bertz CT molecular complexity index is 432. The van der Waals surface area contributed by atoms with Gasteiger partial charge in [-0.1, -0.05) is 44.2 Å². The third-order valence-electron chi connectivity index (χ3n) is 2.90. The normalized spacial score (nSPS) is 11.9. The topological polar surface area (TPSA) is 78.4 Å². The number of carbonyl (C=O) groups excluding carboxylic acids is 1. The smallest absolute Gasteiger partial charge is 0.330 e. The monoisotopic (exact) mass is 278 g/mol. The van der Waals surface area contributed by atoms with Crippen molar-refractivity contribution in [3.8, 4) is 0 Å². The van der Waals surface area contributed by atoms with Gasteiger partial charge in [-0.25, -0.2) is 9.59 Å². The molecule has 20 heavy (non-hydrogen) atoms. The van der Waals surface area contributed by atoms with Crippen LogP contribution in [0.1, 0.15) is 38.3 Å². The van der Waals surface area contributed by atoms with E-state index in [4.69, 9.17) is 0 Å². The van der Waals surface area contributed by atoms with Gasteiger partial charge in [0.2, 0.25) is 0 Å². The molecule has 5 nitrogen and oxygen atoms in total. The predicted molar refractivity (Wildman–Crippen MR) is 77.4 cm³/mol. The summed E-state index contributed by atoms with van der Waals surface area (Å²) in [6, 6.07) is 7.16. The second-order valence-corrected chi connectivity index (χ2v) is 5.12. The average molecular weight is 278 g/mol. The van der Waals surface area contributed by atoms with Crippen LogP contribution in [0.3, 0.4) is 0 Å². The van der Waals surface area contributed by atoms with Gasteiger partial charge in [0, 0.05) is 6.54 Å². The molecular weight excluding hydrogens is 256 g/mol. The number of carboxylic acids is 1. The number of rotatable bonds is 7. The van der Waals surface area contributed by atoms with Crippen LogP contribution in [-0.2, 0) is 4.79 Å². The lowest BCUT2D eigenvalue weighted by atomic mass is 10.1. The molecule has 0 bridgehead atoms. The number of carbonyl (C=O) groups is 2. The Morgan fingerprint density at radius 2 is 1.85 bits per heavy atom. The van der Waals surface area contributed by atoms with Crippen LogP contribution in [0.2, 0.25) is 0 Å². The summed E-state index contributed by atoms with van der Waals surface area (Å²) in [4.78, 5) is 22.9. The lowest BCUT2D eigenvalue weighted by Crippen LogP contribution is -2.41. The highest BCUT2D eigenvalue weighted by Gasteiger charge is 2.21. The first-order valence-corrected chi connectivity index (χ1v) is 6.83. The summed E-state index contributed by atoms with van der Waals surface area (Å²) in [5.41, 5.74) is 0.553. The molecule has 0 unspecified atom stereocenters. The van der Waals surface area contributed by atoms with Crippen LogP contribution in [0, 0.1) is 5.92 Å². The Hall–Kier alpha value is -2.04. The largest absolute Gasteiger partial charge is 0.479 e. The molecule has 0 heterocycles. The van der Waals surface area contributed by atoms with E-state index in [-0.39, 0.29) is 0 Å². The fourth-order valence-electron chi connectivity index (χ4n) is 1.83. The van der Waals surface area contributed by atoms with Crippen molar-refractivity contribution >= 4 is 12.0 Å². The van der Waals surface area contributed by atoms with E-state index in [9.17, 15) is 14.7 Å². The second-order valence-electron chi connectivity index (χ2n) is 5.12. The molecule has 0 radical (unpaired) electrons. The van der Waals surface area contributed by atoms with Crippen molar-refractivity contribution in [2.24, 2.45) is 5.92 Å². The molecular formula is C15H22N2O3. The lowest BCUT2D eigenvalue weighted by Gasteiger charge is -2.15. The van der Waals surface area contributed by atoms with Crippen molar-refractivity contribution < 1.29 is 14.7 Å². The van der Waals surface area contributed by atoms with Gasteiger partial charge in [0.05, 0.1) is 0 Å². The Morgan fingerprint density at radius 1 is 1.20 bits per heavy atom. The minimum Gasteiger partial charge on any atom is -0.479 e. The van der Waals surface area contributed by atoms with Crippen LogP contribution >= 0.6 is 0 Å². The van der Waals surface area contributed by atoms with Crippen LogP contribution in [0.4, 0.5) is 4.79 Å². The van der Waals surface area contributed by atoms with Gasteiger partial charge in [-0.3, -0.25) is 0 Å². The maximum absolute atomic E-state index is 11.7. The first-order chi connectivity index (χ1) is 9.50. The molecule has 0 saturated heterocycles. The number of benzene rings is 1. The van der Waals surface area contributed by atoms with Gasteiger partial charge < -0.3 is 15.7 Å². The zero-order valence-corrected chi connectivity index (χ0v) is 11.9. The summed E-state index contributed by atoms with van der Waals surface area (Å²) >= 11 is 0. The molecule has 0 aliphatic carbocycles. The van der Waals surface area contributed by atoms with E-state index in [0.717, 1.165) is 12.8 Å². The molecule has 0 saturated carbocycles. The number of aliphatic carboxylic acids is 1. The zero-order valence-electron chi connectivity index (χ0n) is 11.9. The number of urea groups is 1. The molecule has 110 valence electrons. The Labute approximate surface area is 119 Å². The average Bonchev–Trinajstić information content (AvgIpc) is 2.41. The number of hydrogen-bond acceptors (Lipinski definition) is 2. The minimum atomic E-state index is -1.08. The SMILES string of the molecule is CC(C)CCCNC(=O)N[C@H](C(=O)O)c1ccccc1. The lowest BCUT2D eigenvalue weighted by molar-refractivity contribution is -0.139. The molecule has 2 amide bonds. The quantitative estimate of drug-likeness (QED) is 0.671. The van der Waals surface area contributed by atoms with Crippen molar-refractivity contribution in [2.75, 3.05) is 6.54 Å². The maximum Gasteiger partial charge on any atom is 0.330 e. The summed E-state index contributed by atoms with van der Waals surface area (Å²) in [5.74, 6) is -0.482. The molecule has 5 heteroatoms. The Balaban J connectivity index is 2.46. The highest BCUT2D eigenvalue weighted by Crippen LogP contribution is 2.12. The molecule has 1 aromatic rings. The van der Waals surface area contributed by atoms with E-state index in [1.54, 1.807) is 30.3 Å². The van der Waals surface area contributed by atoms with Gasteiger partial charge in [-0.05, 0) is 24.3 Å².